The van der Waals surface area contributed by atoms with Crippen LogP contribution in [0.1, 0.15) is 0 Å². The Bertz CT molecular complexity index is 824. The number of rotatable bonds is 10. The monoisotopic (exact) mass is 478 g/mol. The quantitative estimate of drug-likeness (QED) is 0.392. The Morgan fingerprint density at radius 3 is 1.73 bits per heavy atom. The van der Waals surface area contributed by atoms with E-state index in [0.717, 1.165) is 11.4 Å². The molecule has 0 aliphatic carbocycles. The van der Waals surface area contributed by atoms with Crippen LogP contribution in [0.15, 0.2) is 49.6 Å². The van der Waals surface area contributed by atoms with E-state index in [4.69, 9.17) is 24.4 Å². The van der Waals surface area contributed by atoms with Gasteiger partial charge in [-0.2, -0.15) is 0 Å². The molecule has 0 saturated carbocycles. The molecule has 0 radical (unpaired) electrons. The molecule has 0 aromatic heterocycles. The molecule has 1 aromatic rings. The number of amides is 2. The third kappa shape index (κ3) is 5.23. The largest absolute Gasteiger partial charge is 0.383 e. The summed E-state index contributed by atoms with van der Waals surface area (Å²) in [6, 6.07) is 7.74. The van der Waals surface area contributed by atoms with Crippen LogP contribution in [0.4, 0.5) is 11.4 Å². The fourth-order valence-corrected chi connectivity index (χ4v) is 5.89. The van der Waals surface area contributed by atoms with Crippen LogP contribution in [0.3, 0.4) is 0 Å². The van der Waals surface area contributed by atoms with Crippen molar-refractivity contribution in [3.8, 4) is 0 Å². The highest BCUT2D eigenvalue weighted by Gasteiger charge is 2.36. The third-order valence-electron chi connectivity index (χ3n) is 4.48. The third-order valence-corrected chi connectivity index (χ3v) is 7.65. The van der Waals surface area contributed by atoms with Crippen molar-refractivity contribution in [3.63, 3.8) is 0 Å². The van der Waals surface area contributed by atoms with E-state index < -0.39 is 0 Å². The predicted molar refractivity (Wildman–Crippen MR) is 135 cm³/mol. The Hall–Kier alpha value is -1.88. The van der Waals surface area contributed by atoms with Crippen LogP contribution in [0.2, 0.25) is 0 Å². The molecule has 2 fully saturated rings. The molecule has 2 aliphatic heterocycles. The maximum atomic E-state index is 12.4. The lowest BCUT2D eigenvalue weighted by Gasteiger charge is -2.15. The highest BCUT2D eigenvalue weighted by atomic mass is 32.2. The van der Waals surface area contributed by atoms with Crippen molar-refractivity contribution in [1.82, 2.24) is 9.80 Å². The Morgan fingerprint density at radius 2 is 1.33 bits per heavy atom. The predicted octanol–water partition coefficient (Wildman–Crippen LogP) is 3.34. The molecule has 0 bridgehead atoms. The Labute approximate surface area is 195 Å². The second kappa shape index (κ2) is 10.4. The van der Waals surface area contributed by atoms with Gasteiger partial charge in [0.25, 0.3) is 0 Å². The Kier molecular flexibility index (Phi) is 7.93. The molecule has 3 rings (SSSR count). The molecule has 2 heterocycles. The van der Waals surface area contributed by atoms with Gasteiger partial charge in [-0.1, -0.05) is 66.2 Å². The molecular formula is C20H22N4O2S4. The summed E-state index contributed by atoms with van der Waals surface area (Å²) in [5.41, 5.74) is 1.77. The molecular weight excluding hydrogens is 457 g/mol. The second-order valence-electron chi connectivity index (χ2n) is 6.56. The van der Waals surface area contributed by atoms with Crippen LogP contribution in [0.5, 0.6) is 0 Å². The van der Waals surface area contributed by atoms with Gasteiger partial charge < -0.3 is 10.6 Å². The minimum atomic E-state index is -0.251. The van der Waals surface area contributed by atoms with E-state index in [0.29, 0.717) is 34.8 Å². The van der Waals surface area contributed by atoms with E-state index in [1.54, 1.807) is 22.0 Å². The summed E-state index contributed by atoms with van der Waals surface area (Å²) in [4.78, 5) is 28.0. The number of thiocarbonyl (C=S) groups is 2. The highest BCUT2D eigenvalue weighted by molar-refractivity contribution is 8.24. The van der Waals surface area contributed by atoms with Crippen molar-refractivity contribution < 1.29 is 9.59 Å². The van der Waals surface area contributed by atoms with Crippen LogP contribution < -0.4 is 10.6 Å². The van der Waals surface area contributed by atoms with E-state index in [9.17, 15) is 9.59 Å². The molecule has 30 heavy (non-hydrogen) atoms. The topological polar surface area (TPSA) is 64.7 Å². The van der Waals surface area contributed by atoms with Gasteiger partial charge in [-0.3, -0.25) is 19.4 Å². The van der Waals surface area contributed by atoms with Crippen molar-refractivity contribution in [1.29, 1.82) is 0 Å². The second-order valence-corrected chi connectivity index (χ2v) is 10.2. The molecule has 10 heteroatoms. The molecule has 158 valence electrons. The van der Waals surface area contributed by atoms with Crippen molar-refractivity contribution in [2.75, 3.05) is 36.8 Å². The fourth-order valence-electron chi connectivity index (χ4n) is 3.00. The number of hydrogen-bond donors (Lipinski definition) is 2. The number of anilines is 2. The number of nitrogens with zero attached hydrogens (tertiary/aromatic N) is 2. The summed E-state index contributed by atoms with van der Waals surface area (Å²) in [5.74, 6) is 0.00648. The number of hydrogen-bond acceptors (Lipinski definition) is 8. The molecule has 2 saturated heterocycles. The first-order valence-electron chi connectivity index (χ1n) is 9.28. The van der Waals surface area contributed by atoms with Crippen LogP contribution >= 0.6 is 48.0 Å². The first-order chi connectivity index (χ1) is 14.4. The lowest BCUT2D eigenvalue weighted by Crippen LogP contribution is -2.34. The summed E-state index contributed by atoms with van der Waals surface area (Å²) >= 11 is 13.3. The molecule has 2 amide bonds. The maximum absolute atomic E-state index is 12.4. The average molecular weight is 479 g/mol. The lowest BCUT2D eigenvalue weighted by molar-refractivity contribution is -0.126. The standard InChI is InChI=1S/C20H22N4O2S4/c1-3-8-23-17(25)15(29-19(23)27)11-21-13-6-5-7-14(10-13)22-12-16-18(26)24(9-4-2)20(28)30-16/h3-7,10,15-16,21-22H,1-2,8-9,11-12H2. The molecule has 2 unspecified atom stereocenters. The van der Waals surface area contributed by atoms with E-state index in [-0.39, 0.29) is 22.3 Å². The number of carbonyl (C=O) groups excluding carboxylic acids is 2. The van der Waals surface area contributed by atoms with E-state index >= 15 is 0 Å². The Balaban J connectivity index is 1.53. The number of benzene rings is 1. The molecule has 2 N–H and O–H groups in total. The summed E-state index contributed by atoms with van der Waals surface area (Å²) < 4.78 is 1.17. The zero-order chi connectivity index (χ0) is 21.7. The van der Waals surface area contributed by atoms with Gasteiger partial charge in [0.2, 0.25) is 11.8 Å². The highest BCUT2D eigenvalue weighted by Crippen LogP contribution is 2.29. The Morgan fingerprint density at radius 1 is 0.900 bits per heavy atom. The first-order valence-corrected chi connectivity index (χ1v) is 11.9. The minimum Gasteiger partial charge on any atom is -0.383 e. The van der Waals surface area contributed by atoms with Gasteiger partial charge in [0.05, 0.1) is 0 Å². The van der Waals surface area contributed by atoms with Gasteiger partial charge in [0.15, 0.2) is 0 Å². The fraction of sp³-hybridized carbons (Fsp3) is 0.300. The van der Waals surface area contributed by atoms with Gasteiger partial charge >= 0.3 is 0 Å². The molecule has 0 spiro atoms. The van der Waals surface area contributed by atoms with Crippen LogP contribution in [-0.2, 0) is 9.59 Å². The smallest absolute Gasteiger partial charge is 0.243 e. The van der Waals surface area contributed by atoms with Crippen molar-refractivity contribution in [2.24, 2.45) is 0 Å². The molecule has 2 atom stereocenters. The molecule has 6 nitrogen and oxygen atoms in total. The number of thioether (sulfide) groups is 2. The van der Waals surface area contributed by atoms with Gasteiger partial charge in [0, 0.05) is 37.6 Å². The maximum Gasteiger partial charge on any atom is 0.243 e. The van der Waals surface area contributed by atoms with E-state index in [2.05, 4.69) is 23.8 Å². The number of nitrogens with one attached hydrogen (secondary N) is 2. The lowest BCUT2D eigenvalue weighted by atomic mass is 10.2. The van der Waals surface area contributed by atoms with Gasteiger partial charge in [-0.25, -0.2) is 0 Å². The summed E-state index contributed by atoms with van der Waals surface area (Å²) in [7, 11) is 0. The summed E-state index contributed by atoms with van der Waals surface area (Å²) in [6.07, 6.45) is 3.35. The van der Waals surface area contributed by atoms with Crippen molar-refractivity contribution in [3.05, 3.63) is 49.6 Å². The molecule has 2 aliphatic rings. The average Bonchev–Trinajstić information content (AvgIpc) is 3.16. The zero-order valence-corrected chi connectivity index (χ0v) is 19.5. The van der Waals surface area contributed by atoms with Gasteiger partial charge in [-0.15, -0.1) is 13.2 Å². The van der Waals surface area contributed by atoms with Gasteiger partial charge in [-0.05, 0) is 18.2 Å². The van der Waals surface area contributed by atoms with Crippen molar-refractivity contribution in [2.45, 2.75) is 10.5 Å². The summed E-state index contributed by atoms with van der Waals surface area (Å²) in [6.45, 7) is 9.16. The summed E-state index contributed by atoms with van der Waals surface area (Å²) in [5, 5.41) is 6.10. The SMILES string of the molecule is C=CCN1C(=O)C(CNc2cccc(NCC3SC(=S)N(CC=C)C3=O)c2)SC1=S. The van der Waals surface area contributed by atoms with Crippen LogP contribution in [0, 0.1) is 0 Å². The zero-order valence-electron chi connectivity index (χ0n) is 16.2. The number of carbonyl (C=O) groups is 2. The van der Waals surface area contributed by atoms with E-state index in [1.165, 1.54) is 23.5 Å². The van der Waals surface area contributed by atoms with Crippen molar-refractivity contribution >= 4 is 79.8 Å². The minimum absolute atomic E-state index is 0.00324. The van der Waals surface area contributed by atoms with Gasteiger partial charge in [0.1, 0.15) is 19.1 Å². The first kappa shape index (κ1) is 22.8. The normalized spacial score (nSPS) is 21.3. The molecule has 1 aromatic carbocycles. The van der Waals surface area contributed by atoms with E-state index in [1.807, 2.05) is 24.3 Å². The van der Waals surface area contributed by atoms with Crippen LogP contribution in [-0.4, -0.2) is 66.9 Å². The van der Waals surface area contributed by atoms with Crippen LogP contribution in [0.25, 0.3) is 0 Å².